The highest BCUT2D eigenvalue weighted by Gasteiger charge is 2.13. The topological polar surface area (TPSA) is 67.2 Å². The molecule has 0 unspecified atom stereocenters. The molecule has 0 saturated carbocycles. The number of benzene rings is 1. The van der Waals surface area contributed by atoms with E-state index in [2.05, 4.69) is 10.3 Å². The lowest BCUT2D eigenvalue weighted by Gasteiger charge is -2.10. The Morgan fingerprint density at radius 2 is 2.32 bits per heavy atom. The second kappa shape index (κ2) is 5.75. The molecule has 0 saturated heterocycles. The molecular weight excluding hydrogens is 266 g/mol. The number of hydrogen-bond acceptors (Lipinski definition) is 3. The maximum absolute atomic E-state index is 11.1. The number of carboxylic acids is 1. The molecule has 0 aliphatic heterocycles. The van der Waals surface area contributed by atoms with Crippen LogP contribution >= 0.6 is 11.6 Å². The number of aromatic nitrogens is 2. The third-order valence-corrected chi connectivity index (χ3v) is 3.13. The summed E-state index contributed by atoms with van der Waals surface area (Å²) in [5, 5.41) is 12.4. The zero-order chi connectivity index (χ0) is 13.8. The second-order valence-electron chi connectivity index (χ2n) is 4.10. The molecule has 0 aliphatic rings. The quantitative estimate of drug-likeness (QED) is 0.882. The summed E-state index contributed by atoms with van der Waals surface area (Å²) in [6.45, 7) is 0.589. The van der Waals surface area contributed by atoms with Gasteiger partial charge in [-0.3, -0.25) is 0 Å². The van der Waals surface area contributed by atoms with Crippen molar-refractivity contribution >= 4 is 23.3 Å². The van der Waals surface area contributed by atoms with E-state index in [1.54, 1.807) is 24.4 Å². The van der Waals surface area contributed by atoms with Crippen LogP contribution in [0.15, 0.2) is 30.6 Å². The molecule has 0 aliphatic carbocycles. The highest BCUT2D eigenvalue weighted by Crippen LogP contribution is 2.24. The highest BCUT2D eigenvalue weighted by molar-refractivity contribution is 6.34. The Morgan fingerprint density at radius 3 is 2.95 bits per heavy atom. The molecule has 0 fully saturated rings. The van der Waals surface area contributed by atoms with E-state index < -0.39 is 5.97 Å². The smallest absolute Gasteiger partial charge is 0.339 e. The Bertz CT molecular complexity index is 595. The van der Waals surface area contributed by atoms with Crippen molar-refractivity contribution in [1.29, 1.82) is 0 Å². The van der Waals surface area contributed by atoms with E-state index in [1.807, 2.05) is 17.8 Å². The number of hydrogen-bond donors (Lipinski definition) is 2. The van der Waals surface area contributed by atoms with Gasteiger partial charge in [0.1, 0.15) is 11.4 Å². The predicted molar refractivity (Wildman–Crippen MR) is 73.8 cm³/mol. The number of carbonyl (C=O) groups is 1. The second-order valence-corrected chi connectivity index (χ2v) is 4.51. The Balaban J connectivity index is 2.06. The van der Waals surface area contributed by atoms with Crippen molar-refractivity contribution in [3.8, 4) is 0 Å². The van der Waals surface area contributed by atoms with Gasteiger partial charge in [0.2, 0.25) is 0 Å². The van der Waals surface area contributed by atoms with Crippen molar-refractivity contribution in [1.82, 2.24) is 9.55 Å². The van der Waals surface area contributed by atoms with Gasteiger partial charge in [-0.25, -0.2) is 9.78 Å². The minimum Gasteiger partial charge on any atom is -0.478 e. The van der Waals surface area contributed by atoms with Gasteiger partial charge < -0.3 is 15.0 Å². The highest BCUT2D eigenvalue weighted by atomic mass is 35.5. The molecule has 0 atom stereocenters. The number of anilines is 1. The number of aromatic carboxylic acids is 1. The van der Waals surface area contributed by atoms with E-state index >= 15 is 0 Å². The first kappa shape index (κ1) is 13.4. The fourth-order valence-electron chi connectivity index (χ4n) is 1.84. The van der Waals surface area contributed by atoms with Crippen LogP contribution in [-0.2, 0) is 13.5 Å². The molecule has 2 rings (SSSR count). The molecule has 0 spiro atoms. The fraction of sp³-hybridized carbons (Fsp3) is 0.231. The van der Waals surface area contributed by atoms with Gasteiger partial charge in [-0.1, -0.05) is 17.7 Å². The van der Waals surface area contributed by atoms with Crippen molar-refractivity contribution in [3.63, 3.8) is 0 Å². The SMILES string of the molecule is Cn1ccnc1CCNc1cccc(Cl)c1C(=O)O. The standard InChI is InChI=1S/C13H14ClN3O2/c1-17-8-7-16-11(17)5-6-15-10-4-2-3-9(14)12(10)13(18)19/h2-4,7-8,15H,5-6H2,1H3,(H,18,19). The van der Waals surface area contributed by atoms with E-state index in [1.165, 1.54) is 0 Å². The van der Waals surface area contributed by atoms with Crippen LogP contribution in [0.25, 0.3) is 0 Å². The van der Waals surface area contributed by atoms with Gasteiger partial charge in [-0.15, -0.1) is 0 Å². The van der Waals surface area contributed by atoms with Gasteiger partial charge in [0.15, 0.2) is 0 Å². The van der Waals surface area contributed by atoms with Crippen LogP contribution in [0.2, 0.25) is 5.02 Å². The maximum Gasteiger partial charge on any atom is 0.339 e. The van der Waals surface area contributed by atoms with Crippen molar-refractivity contribution in [2.45, 2.75) is 6.42 Å². The summed E-state index contributed by atoms with van der Waals surface area (Å²) >= 11 is 5.89. The molecule has 1 aromatic heterocycles. The Kier molecular flexibility index (Phi) is 4.06. The summed E-state index contributed by atoms with van der Waals surface area (Å²) in [5.74, 6) is -0.100. The third kappa shape index (κ3) is 3.06. The molecule has 19 heavy (non-hydrogen) atoms. The molecule has 6 heteroatoms. The molecule has 1 heterocycles. The van der Waals surface area contributed by atoms with Gasteiger partial charge in [0, 0.05) is 32.4 Å². The van der Waals surface area contributed by atoms with Gasteiger partial charge in [-0.05, 0) is 12.1 Å². The van der Waals surface area contributed by atoms with Crippen molar-refractivity contribution < 1.29 is 9.90 Å². The maximum atomic E-state index is 11.1. The number of rotatable bonds is 5. The van der Waals surface area contributed by atoms with Crippen LogP contribution in [0.5, 0.6) is 0 Å². The number of carboxylic acid groups (broad SMARTS) is 1. The number of aryl methyl sites for hydroxylation is 1. The molecule has 1 aromatic carbocycles. The van der Waals surface area contributed by atoms with Crippen molar-refractivity contribution in [3.05, 3.63) is 47.0 Å². The predicted octanol–water partition coefficient (Wildman–Crippen LogP) is 2.43. The summed E-state index contributed by atoms with van der Waals surface area (Å²) in [6, 6.07) is 4.99. The van der Waals surface area contributed by atoms with E-state index in [9.17, 15) is 4.79 Å². The lowest BCUT2D eigenvalue weighted by atomic mass is 10.1. The van der Waals surface area contributed by atoms with Crippen LogP contribution < -0.4 is 5.32 Å². The van der Waals surface area contributed by atoms with E-state index in [4.69, 9.17) is 16.7 Å². The average Bonchev–Trinajstić information content (AvgIpc) is 2.75. The number of nitrogens with zero attached hydrogens (tertiary/aromatic N) is 2. The Hall–Kier alpha value is -2.01. The van der Waals surface area contributed by atoms with Gasteiger partial charge in [0.05, 0.1) is 10.7 Å². The van der Waals surface area contributed by atoms with Gasteiger partial charge in [0.25, 0.3) is 0 Å². The first-order valence-electron chi connectivity index (χ1n) is 5.81. The van der Waals surface area contributed by atoms with Crippen LogP contribution in [-0.4, -0.2) is 27.2 Å². The molecule has 2 N–H and O–H groups in total. The van der Waals surface area contributed by atoms with E-state index in [0.29, 0.717) is 18.7 Å². The number of nitrogens with one attached hydrogen (secondary N) is 1. The third-order valence-electron chi connectivity index (χ3n) is 2.81. The minimum absolute atomic E-state index is 0.101. The van der Waals surface area contributed by atoms with Crippen LogP contribution in [0.3, 0.4) is 0 Å². The Labute approximate surface area is 115 Å². The lowest BCUT2D eigenvalue weighted by Crippen LogP contribution is -2.11. The summed E-state index contributed by atoms with van der Waals surface area (Å²) in [6.07, 6.45) is 4.31. The van der Waals surface area contributed by atoms with E-state index in [0.717, 1.165) is 5.82 Å². The molecule has 5 nitrogen and oxygen atoms in total. The Morgan fingerprint density at radius 1 is 1.53 bits per heavy atom. The molecule has 100 valence electrons. The first-order valence-corrected chi connectivity index (χ1v) is 6.19. The fourth-order valence-corrected chi connectivity index (χ4v) is 2.09. The number of imidazole rings is 1. The number of halogens is 1. The molecule has 0 amide bonds. The van der Waals surface area contributed by atoms with Crippen molar-refractivity contribution in [2.75, 3.05) is 11.9 Å². The molecule has 0 bridgehead atoms. The summed E-state index contributed by atoms with van der Waals surface area (Å²) in [7, 11) is 1.92. The van der Waals surface area contributed by atoms with Gasteiger partial charge >= 0.3 is 5.97 Å². The van der Waals surface area contributed by atoms with Crippen LogP contribution in [0.1, 0.15) is 16.2 Å². The largest absolute Gasteiger partial charge is 0.478 e. The van der Waals surface area contributed by atoms with Crippen LogP contribution in [0.4, 0.5) is 5.69 Å². The van der Waals surface area contributed by atoms with Gasteiger partial charge in [-0.2, -0.15) is 0 Å². The summed E-state index contributed by atoms with van der Waals surface area (Å²) < 4.78 is 1.93. The average molecular weight is 280 g/mol. The summed E-state index contributed by atoms with van der Waals surface area (Å²) in [5.41, 5.74) is 0.623. The van der Waals surface area contributed by atoms with Crippen molar-refractivity contribution in [2.24, 2.45) is 7.05 Å². The summed E-state index contributed by atoms with van der Waals surface area (Å²) in [4.78, 5) is 15.4. The zero-order valence-electron chi connectivity index (χ0n) is 10.4. The molecular formula is C13H14ClN3O2. The molecule has 2 aromatic rings. The van der Waals surface area contributed by atoms with Crippen LogP contribution in [0, 0.1) is 0 Å². The molecule has 0 radical (unpaired) electrons. The zero-order valence-corrected chi connectivity index (χ0v) is 11.2. The first-order chi connectivity index (χ1) is 9.09. The monoisotopic (exact) mass is 279 g/mol. The lowest BCUT2D eigenvalue weighted by molar-refractivity contribution is 0.0698. The minimum atomic E-state index is -1.04. The normalized spacial score (nSPS) is 10.4. The van der Waals surface area contributed by atoms with E-state index in [-0.39, 0.29) is 10.6 Å².